The van der Waals surface area contributed by atoms with Crippen molar-refractivity contribution in [2.45, 2.75) is 12.5 Å². The maximum atomic E-state index is 5.65. The Morgan fingerprint density at radius 3 is 2.95 bits per heavy atom. The van der Waals surface area contributed by atoms with Crippen molar-refractivity contribution in [2.24, 2.45) is 0 Å². The molecule has 3 rings (SSSR count). The average Bonchev–Trinajstić information content (AvgIpc) is 2.94. The summed E-state index contributed by atoms with van der Waals surface area (Å²) in [7, 11) is 0. The summed E-state index contributed by atoms with van der Waals surface area (Å²) in [6.45, 7) is 8.43. The molecular formula is C15H20N2O2. The molecule has 1 aromatic rings. The Morgan fingerprint density at radius 1 is 1.32 bits per heavy atom. The average molecular weight is 260 g/mol. The van der Waals surface area contributed by atoms with Gasteiger partial charge in [-0.3, -0.25) is 4.90 Å². The first-order chi connectivity index (χ1) is 9.40. The van der Waals surface area contributed by atoms with Gasteiger partial charge in [-0.05, 0) is 12.5 Å². The topological polar surface area (TPSA) is 33.7 Å². The SMILES string of the molecule is C=CC[C@H](c1cccc2c1OCO2)N1CCNCC1. The molecule has 1 aromatic carbocycles. The lowest BCUT2D eigenvalue weighted by Crippen LogP contribution is -2.45. The minimum atomic E-state index is 0.328. The normalized spacial score (nSPS) is 20.2. The predicted octanol–water partition coefficient (Wildman–Crippen LogP) is 1.94. The van der Waals surface area contributed by atoms with Gasteiger partial charge in [-0.15, -0.1) is 6.58 Å². The van der Waals surface area contributed by atoms with Crippen LogP contribution in [0.3, 0.4) is 0 Å². The molecule has 0 amide bonds. The number of piperazine rings is 1. The molecule has 0 bridgehead atoms. The molecular weight excluding hydrogens is 240 g/mol. The number of para-hydroxylation sites is 1. The molecule has 19 heavy (non-hydrogen) atoms. The number of hydrogen-bond acceptors (Lipinski definition) is 4. The molecule has 4 heteroatoms. The Balaban J connectivity index is 1.91. The van der Waals surface area contributed by atoms with E-state index in [0.717, 1.165) is 44.1 Å². The van der Waals surface area contributed by atoms with Crippen LogP contribution in [0.15, 0.2) is 30.9 Å². The molecule has 1 saturated heterocycles. The van der Waals surface area contributed by atoms with Crippen LogP contribution in [0, 0.1) is 0 Å². The number of hydrogen-bond donors (Lipinski definition) is 1. The summed E-state index contributed by atoms with van der Waals surface area (Å²) in [6, 6.07) is 6.48. The van der Waals surface area contributed by atoms with Gasteiger partial charge < -0.3 is 14.8 Å². The summed E-state index contributed by atoms with van der Waals surface area (Å²) in [5.41, 5.74) is 1.22. The lowest BCUT2D eigenvalue weighted by atomic mass is 9.99. The van der Waals surface area contributed by atoms with Crippen molar-refractivity contribution in [1.82, 2.24) is 10.2 Å². The fourth-order valence-corrected chi connectivity index (χ4v) is 2.84. The lowest BCUT2D eigenvalue weighted by Gasteiger charge is -2.35. The Labute approximate surface area is 114 Å². The van der Waals surface area contributed by atoms with E-state index >= 15 is 0 Å². The van der Waals surface area contributed by atoms with Crippen molar-refractivity contribution in [3.8, 4) is 11.5 Å². The first-order valence-electron chi connectivity index (χ1n) is 6.84. The Hall–Kier alpha value is -1.52. The van der Waals surface area contributed by atoms with Gasteiger partial charge in [0.05, 0.1) is 0 Å². The highest BCUT2D eigenvalue weighted by Gasteiger charge is 2.27. The molecule has 0 unspecified atom stereocenters. The van der Waals surface area contributed by atoms with E-state index in [9.17, 15) is 0 Å². The van der Waals surface area contributed by atoms with Gasteiger partial charge in [-0.25, -0.2) is 0 Å². The summed E-state index contributed by atoms with van der Waals surface area (Å²) in [5, 5.41) is 3.39. The van der Waals surface area contributed by atoms with Crippen LogP contribution in [0.5, 0.6) is 11.5 Å². The molecule has 0 aliphatic carbocycles. The zero-order valence-electron chi connectivity index (χ0n) is 11.1. The molecule has 1 N–H and O–H groups in total. The van der Waals surface area contributed by atoms with E-state index in [0.29, 0.717) is 12.8 Å². The van der Waals surface area contributed by atoms with Crippen LogP contribution in [0.4, 0.5) is 0 Å². The van der Waals surface area contributed by atoms with Gasteiger partial charge in [0.2, 0.25) is 6.79 Å². The molecule has 0 radical (unpaired) electrons. The molecule has 0 spiro atoms. The van der Waals surface area contributed by atoms with Crippen molar-refractivity contribution in [3.63, 3.8) is 0 Å². The van der Waals surface area contributed by atoms with E-state index in [-0.39, 0.29) is 0 Å². The largest absolute Gasteiger partial charge is 0.454 e. The summed E-state index contributed by atoms with van der Waals surface area (Å²) in [6.07, 6.45) is 2.92. The quantitative estimate of drug-likeness (QED) is 0.839. The van der Waals surface area contributed by atoms with Crippen molar-refractivity contribution in [1.29, 1.82) is 0 Å². The Kier molecular flexibility index (Phi) is 3.71. The number of nitrogens with one attached hydrogen (secondary N) is 1. The van der Waals surface area contributed by atoms with Crippen molar-refractivity contribution < 1.29 is 9.47 Å². The van der Waals surface area contributed by atoms with Gasteiger partial charge in [0.1, 0.15) is 0 Å². The number of ether oxygens (including phenoxy) is 2. The van der Waals surface area contributed by atoms with Gasteiger partial charge in [0.15, 0.2) is 11.5 Å². The van der Waals surface area contributed by atoms with Gasteiger partial charge in [0.25, 0.3) is 0 Å². The fourth-order valence-electron chi connectivity index (χ4n) is 2.84. The Bertz CT molecular complexity index is 455. The zero-order chi connectivity index (χ0) is 13.1. The molecule has 4 nitrogen and oxygen atoms in total. The molecule has 102 valence electrons. The van der Waals surface area contributed by atoms with Crippen molar-refractivity contribution in [2.75, 3.05) is 33.0 Å². The molecule has 1 fully saturated rings. The smallest absolute Gasteiger partial charge is 0.231 e. The number of rotatable bonds is 4. The third kappa shape index (κ3) is 2.46. The molecule has 1 atom stereocenters. The summed E-state index contributed by atoms with van der Waals surface area (Å²) < 4.78 is 11.1. The number of nitrogens with zero attached hydrogens (tertiary/aromatic N) is 1. The van der Waals surface area contributed by atoms with Crippen molar-refractivity contribution in [3.05, 3.63) is 36.4 Å². The second-order valence-corrected chi connectivity index (χ2v) is 4.91. The molecule has 2 heterocycles. The number of fused-ring (bicyclic) bond motifs is 1. The molecule has 0 saturated carbocycles. The monoisotopic (exact) mass is 260 g/mol. The van der Waals surface area contributed by atoms with Crippen LogP contribution in [0.2, 0.25) is 0 Å². The van der Waals surface area contributed by atoms with E-state index in [1.165, 1.54) is 5.56 Å². The van der Waals surface area contributed by atoms with Gasteiger partial charge in [-0.1, -0.05) is 18.2 Å². The van der Waals surface area contributed by atoms with Crippen LogP contribution in [0.1, 0.15) is 18.0 Å². The van der Waals surface area contributed by atoms with E-state index in [1.807, 2.05) is 18.2 Å². The van der Waals surface area contributed by atoms with Crippen LogP contribution < -0.4 is 14.8 Å². The fraction of sp³-hybridized carbons (Fsp3) is 0.467. The Morgan fingerprint density at radius 2 is 2.16 bits per heavy atom. The van der Waals surface area contributed by atoms with Gasteiger partial charge in [0, 0.05) is 37.8 Å². The van der Waals surface area contributed by atoms with Crippen LogP contribution in [0.25, 0.3) is 0 Å². The van der Waals surface area contributed by atoms with E-state index in [4.69, 9.17) is 9.47 Å². The number of benzene rings is 1. The van der Waals surface area contributed by atoms with Gasteiger partial charge in [-0.2, -0.15) is 0 Å². The van der Waals surface area contributed by atoms with Crippen LogP contribution in [-0.4, -0.2) is 37.9 Å². The van der Waals surface area contributed by atoms with E-state index in [1.54, 1.807) is 0 Å². The molecule has 2 aliphatic heterocycles. The van der Waals surface area contributed by atoms with E-state index in [2.05, 4.69) is 22.9 Å². The third-order valence-electron chi connectivity index (χ3n) is 3.77. The molecule has 0 aromatic heterocycles. The summed E-state index contributed by atoms with van der Waals surface area (Å²) >= 11 is 0. The van der Waals surface area contributed by atoms with Gasteiger partial charge >= 0.3 is 0 Å². The lowest BCUT2D eigenvalue weighted by molar-refractivity contribution is 0.159. The maximum absolute atomic E-state index is 5.65. The second kappa shape index (κ2) is 5.63. The zero-order valence-corrected chi connectivity index (χ0v) is 11.1. The highest BCUT2D eigenvalue weighted by atomic mass is 16.7. The molecule has 2 aliphatic rings. The van der Waals surface area contributed by atoms with Crippen LogP contribution >= 0.6 is 0 Å². The van der Waals surface area contributed by atoms with Crippen LogP contribution in [-0.2, 0) is 0 Å². The highest BCUT2D eigenvalue weighted by molar-refractivity contribution is 5.49. The van der Waals surface area contributed by atoms with Crippen molar-refractivity contribution >= 4 is 0 Å². The second-order valence-electron chi connectivity index (χ2n) is 4.91. The first-order valence-corrected chi connectivity index (χ1v) is 6.84. The minimum absolute atomic E-state index is 0.328. The highest BCUT2D eigenvalue weighted by Crippen LogP contribution is 2.41. The van der Waals surface area contributed by atoms with E-state index < -0.39 is 0 Å². The predicted molar refractivity (Wildman–Crippen MR) is 74.6 cm³/mol. The minimum Gasteiger partial charge on any atom is -0.454 e. The summed E-state index contributed by atoms with van der Waals surface area (Å²) in [4.78, 5) is 2.50. The third-order valence-corrected chi connectivity index (χ3v) is 3.77. The maximum Gasteiger partial charge on any atom is 0.231 e. The first kappa shape index (κ1) is 12.5. The summed E-state index contributed by atoms with van der Waals surface area (Å²) in [5.74, 6) is 1.77. The standard InChI is InChI=1S/C15H20N2O2/c1-2-4-13(17-9-7-16-8-10-17)12-5-3-6-14-15(12)19-11-18-14/h2-3,5-6,13,16H,1,4,7-11H2/t13-/m1/s1.